The third-order valence-electron chi connectivity index (χ3n) is 3.50. The summed E-state index contributed by atoms with van der Waals surface area (Å²) in [4.78, 5) is 8.05. The maximum absolute atomic E-state index is 4.02. The van der Waals surface area contributed by atoms with Crippen molar-refractivity contribution >= 4 is 0 Å². The van der Waals surface area contributed by atoms with Crippen LogP contribution in [0, 0.1) is 0 Å². The second-order valence-electron chi connectivity index (χ2n) is 6.22. The summed E-state index contributed by atoms with van der Waals surface area (Å²) >= 11 is 0. The van der Waals surface area contributed by atoms with Crippen LogP contribution in [0.3, 0.4) is 0 Å². The van der Waals surface area contributed by atoms with Crippen molar-refractivity contribution < 1.29 is 0 Å². The Morgan fingerprint density at radius 1 is 1.05 bits per heavy atom. The Morgan fingerprint density at radius 2 is 1.65 bits per heavy atom. The molecule has 0 radical (unpaired) electrons. The standard InChI is InChI=1S/C17H23N3/c1-13(20-11-14-9-18-12-19-10-14)15-5-7-16(8-6-15)17(2,3)4/h5-10,12-13,20H,11H2,1-4H3. The van der Waals surface area contributed by atoms with Crippen molar-refractivity contribution in [1.82, 2.24) is 15.3 Å². The Labute approximate surface area is 121 Å². The molecule has 1 unspecified atom stereocenters. The fourth-order valence-corrected chi connectivity index (χ4v) is 2.08. The Morgan fingerprint density at radius 3 is 2.20 bits per heavy atom. The zero-order valence-electron chi connectivity index (χ0n) is 12.7. The van der Waals surface area contributed by atoms with Gasteiger partial charge in [0.05, 0.1) is 0 Å². The molecule has 1 heterocycles. The summed E-state index contributed by atoms with van der Waals surface area (Å²) in [6.07, 6.45) is 5.24. The molecular weight excluding hydrogens is 246 g/mol. The molecule has 0 aliphatic heterocycles. The van der Waals surface area contributed by atoms with E-state index in [1.54, 1.807) is 6.33 Å². The molecule has 0 aliphatic carbocycles. The smallest absolute Gasteiger partial charge is 0.115 e. The summed E-state index contributed by atoms with van der Waals surface area (Å²) in [6.45, 7) is 9.66. The van der Waals surface area contributed by atoms with Gasteiger partial charge in [0, 0.05) is 30.5 Å². The lowest BCUT2D eigenvalue weighted by molar-refractivity contribution is 0.568. The van der Waals surface area contributed by atoms with Crippen molar-refractivity contribution in [3.05, 3.63) is 59.7 Å². The summed E-state index contributed by atoms with van der Waals surface area (Å²) in [5, 5.41) is 3.49. The monoisotopic (exact) mass is 269 g/mol. The van der Waals surface area contributed by atoms with E-state index in [9.17, 15) is 0 Å². The molecule has 0 bridgehead atoms. The van der Waals surface area contributed by atoms with E-state index in [0.29, 0.717) is 6.04 Å². The van der Waals surface area contributed by atoms with E-state index in [4.69, 9.17) is 0 Å². The zero-order valence-corrected chi connectivity index (χ0v) is 12.7. The van der Waals surface area contributed by atoms with E-state index in [1.165, 1.54) is 11.1 Å². The number of nitrogens with zero attached hydrogens (tertiary/aromatic N) is 2. The van der Waals surface area contributed by atoms with E-state index < -0.39 is 0 Å². The van der Waals surface area contributed by atoms with E-state index in [0.717, 1.165) is 12.1 Å². The zero-order chi connectivity index (χ0) is 14.6. The lowest BCUT2D eigenvalue weighted by atomic mass is 9.86. The predicted octanol–water partition coefficient (Wildman–Crippen LogP) is 3.62. The second-order valence-corrected chi connectivity index (χ2v) is 6.22. The first kappa shape index (κ1) is 14.7. The fourth-order valence-electron chi connectivity index (χ4n) is 2.08. The van der Waals surface area contributed by atoms with Gasteiger partial charge in [-0.1, -0.05) is 45.0 Å². The molecule has 1 atom stereocenters. The molecule has 1 aromatic heterocycles. The lowest BCUT2D eigenvalue weighted by Crippen LogP contribution is -2.18. The van der Waals surface area contributed by atoms with Gasteiger partial charge in [-0.25, -0.2) is 9.97 Å². The SMILES string of the molecule is CC(NCc1cncnc1)c1ccc(C(C)(C)C)cc1. The summed E-state index contributed by atoms with van der Waals surface area (Å²) in [7, 11) is 0. The molecule has 0 saturated carbocycles. The van der Waals surface area contributed by atoms with Crippen LogP contribution in [-0.4, -0.2) is 9.97 Å². The highest BCUT2D eigenvalue weighted by molar-refractivity contribution is 5.29. The minimum Gasteiger partial charge on any atom is -0.306 e. The third-order valence-corrected chi connectivity index (χ3v) is 3.50. The molecule has 3 heteroatoms. The topological polar surface area (TPSA) is 37.8 Å². The van der Waals surface area contributed by atoms with Gasteiger partial charge in [0.15, 0.2) is 0 Å². The molecule has 0 aliphatic rings. The van der Waals surface area contributed by atoms with Gasteiger partial charge in [-0.3, -0.25) is 0 Å². The molecule has 0 saturated heterocycles. The van der Waals surface area contributed by atoms with Gasteiger partial charge < -0.3 is 5.32 Å². The summed E-state index contributed by atoms with van der Waals surface area (Å²) in [5.74, 6) is 0. The molecule has 0 spiro atoms. The van der Waals surface area contributed by atoms with Gasteiger partial charge >= 0.3 is 0 Å². The van der Waals surface area contributed by atoms with Crippen LogP contribution < -0.4 is 5.32 Å². The van der Waals surface area contributed by atoms with Crippen molar-refractivity contribution in [1.29, 1.82) is 0 Å². The average molecular weight is 269 g/mol. The molecule has 2 rings (SSSR count). The maximum atomic E-state index is 4.02. The molecule has 1 aromatic carbocycles. The van der Waals surface area contributed by atoms with Crippen LogP contribution in [0.1, 0.15) is 50.4 Å². The molecule has 3 nitrogen and oxygen atoms in total. The lowest BCUT2D eigenvalue weighted by Gasteiger charge is -2.20. The van der Waals surface area contributed by atoms with Crippen LogP contribution in [0.2, 0.25) is 0 Å². The molecule has 1 N–H and O–H groups in total. The second kappa shape index (κ2) is 6.14. The van der Waals surface area contributed by atoms with Crippen LogP contribution >= 0.6 is 0 Å². The first-order valence-corrected chi connectivity index (χ1v) is 7.04. The Balaban J connectivity index is 1.97. The normalized spacial score (nSPS) is 13.2. The van der Waals surface area contributed by atoms with Crippen LogP contribution in [0.25, 0.3) is 0 Å². The van der Waals surface area contributed by atoms with Crippen molar-refractivity contribution in [2.45, 2.75) is 45.7 Å². The molecule has 2 aromatic rings. The highest BCUT2D eigenvalue weighted by atomic mass is 14.9. The number of hydrogen-bond acceptors (Lipinski definition) is 3. The summed E-state index contributed by atoms with van der Waals surface area (Å²) in [6, 6.07) is 9.17. The number of nitrogens with one attached hydrogen (secondary N) is 1. The minimum atomic E-state index is 0.205. The number of aromatic nitrogens is 2. The average Bonchev–Trinajstić information content (AvgIpc) is 2.45. The highest BCUT2D eigenvalue weighted by Gasteiger charge is 2.13. The Kier molecular flexibility index (Phi) is 4.50. The van der Waals surface area contributed by atoms with Gasteiger partial charge in [0.1, 0.15) is 6.33 Å². The number of rotatable bonds is 4. The van der Waals surface area contributed by atoms with Crippen LogP contribution in [0.15, 0.2) is 43.0 Å². The van der Waals surface area contributed by atoms with E-state index in [2.05, 4.69) is 67.2 Å². The van der Waals surface area contributed by atoms with Crippen molar-refractivity contribution in [2.24, 2.45) is 0 Å². The Bertz CT molecular complexity index is 526. The van der Waals surface area contributed by atoms with Crippen molar-refractivity contribution in [3.8, 4) is 0 Å². The molecule has 106 valence electrons. The molecule has 20 heavy (non-hydrogen) atoms. The van der Waals surface area contributed by atoms with Crippen LogP contribution in [-0.2, 0) is 12.0 Å². The number of benzene rings is 1. The predicted molar refractivity (Wildman–Crippen MR) is 82.4 cm³/mol. The highest BCUT2D eigenvalue weighted by Crippen LogP contribution is 2.23. The third kappa shape index (κ3) is 3.87. The van der Waals surface area contributed by atoms with E-state index >= 15 is 0 Å². The first-order chi connectivity index (χ1) is 9.47. The Hall–Kier alpha value is -1.74. The van der Waals surface area contributed by atoms with Crippen LogP contribution in [0.4, 0.5) is 0 Å². The molecular formula is C17H23N3. The fraction of sp³-hybridized carbons (Fsp3) is 0.412. The maximum Gasteiger partial charge on any atom is 0.115 e. The molecule has 0 fully saturated rings. The van der Waals surface area contributed by atoms with E-state index in [-0.39, 0.29) is 5.41 Å². The van der Waals surface area contributed by atoms with Crippen LogP contribution in [0.5, 0.6) is 0 Å². The molecule has 0 amide bonds. The van der Waals surface area contributed by atoms with Crippen molar-refractivity contribution in [3.63, 3.8) is 0 Å². The van der Waals surface area contributed by atoms with Crippen molar-refractivity contribution in [2.75, 3.05) is 0 Å². The summed E-state index contributed by atoms with van der Waals surface area (Å²) < 4.78 is 0. The number of hydrogen-bond donors (Lipinski definition) is 1. The van der Waals surface area contributed by atoms with Gasteiger partial charge in [-0.05, 0) is 23.5 Å². The van der Waals surface area contributed by atoms with Gasteiger partial charge in [-0.15, -0.1) is 0 Å². The van der Waals surface area contributed by atoms with Gasteiger partial charge in [-0.2, -0.15) is 0 Å². The van der Waals surface area contributed by atoms with Gasteiger partial charge in [0.2, 0.25) is 0 Å². The summed E-state index contributed by atoms with van der Waals surface area (Å²) in [5.41, 5.74) is 3.97. The first-order valence-electron chi connectivity index (χ1n) is 7.04. The van der Waals surface area contributed by atoms with Gasteiger partial charge in [0.25, 0.3) is 0 Å². The minimum absolute atomic E-state index is 0.205. The largest absolute Gasteiger partial charge is 0.306 e. The van der Waals surface area contributed by atoms with E-state index in [1.807, 2.05) is 12.4 Å². The quantitative estimate of drug-likeness (QED) is 0.921.